The molecule has 2 N–H and O–H groups in total. The summed E-state index contributed by atoms with van der Waals surface area (Å²) in [6, 6.07) is 3.41. The summed E-state index contributed by atoms with van der Waals surface area (Å²) in [5, 5.41) is 5.58. The highest BCUT2D eigenvalue weighted by Crippen LogP contribution is 2.14. The lowest BCUT2D eigenvalue weighted by Gasteiger charge is -2.09. The van der Waals surface area contributed by atoms with E-state index in [-0.39, 0.29) is 24.1 Å². The smallest absolute Gasteiger partial charge is 0.323 e. The van der Waals surface area contributed by atoms with Crippen molar-refractivity contribution in [2.75, 3.05) is 24.3 Å². The molecular weight excluding hydrogens is 280 g/mol. The van der Waals surface area contributed by atoms with E-state index in [0.29, 0.717) is 12.6 Å². The second kappa shape index (κ2) is 6.78. The van der Waals surface area contributed by atoms with Gasteiger partial charge in [0.15, 0.2) is 0 Å². The molecule has 112 valence electrons. The third-order valence-corrected chi connectivity index (χ3v) is 2.56. The lowest BCUT2D eigenvalue weighted by molar-refractivity contribution is 0.312. The molecule has 0 spiro atoms. The summed E-state index contributed by atoms with van der Waals surface area (Å²) < 4.78 is 31.8. The molecule has 0 unspecified atom stereocenters. The Morgan fingerprint density at radius 2 is 1.90 bits per heavy atom. The van der Waals surface area contributed by atoms with Crippen LogP contribution >= 0.6 is 0 Å². The van der Waals surface area contributed by atoms with Crippen molar-refractivity contribution in [3.63, 3.8) is 0 Å². The molecule has 1 heterocycles. The summed E-state index contributed by atoms with van der Waals surface area (Å²) in [6.45, 7) is 2.26. The molecule has 0 saturated heterocycles. The van der Waals surface area contributed by atoms with Crippen molar-refractivity contribution in [2.45, 2.75) is 13.5 Å². The quantitative estimate of drug-likeness (QED) is 0.851. The van der Waals surface area contributed by atoms with Gasteiger partial charge in [-0.05, 0) is 25.1 Å². The molecule has 0 atom stereocenters. The number of nitrogens with one attached hydrogen (secondary N) is 2. The Morgan fingerprint density at radius 3 is 2.62 bits per heavy atom. The van der Waals surface area contributed by atoms with Crippen molar-refractivity contribution in [2.24, 2.45) is 0 Å². The fraction of sp³-hybridized carbons (Fsp3) is 0.308. The molecular formula is C13H15F2N5O. The number of nitrogens with zero attached hydrogens (tertiary/aromatic N) is 3. The van der Waals surface area contributed by atoms with Gasteiger partial charge in [-0.25, -0.2) is 8.78 Å². The van der Waals surface area contributed by atoms with Crippen LogP contribution in [0.5, 0.6) is 6.01 Å². The Labute approximate surface area is 120 Å². The van der Waals surface area contributed by atoms with E-state index in [0.717, 1.165) is 18.2 Å². The summed E-state index contributed by atoms with van der Waals surface area (Å²) in [6.07, 6.45) is 0. The summed E-state index contributed by atoms with van der Waals surface area (Å²) in [5.41, 5.74) is 0.180. The largest absolute Gasteiger partial charge is 0.464 e. The minimum atomic E-state index is -0.505. The summed E-state index contributed by atoms with van der Waals surface area (Å²) in [4.78, 5) is 12.1. The molecule has 0 bridgehead atoms. The Hall–Kier alpha value is -2.51. The van der Waals surface area contributed by atoms with E-state index in [2.05, 4.69) is 25.6 Å². The Bertz CT molecular complexity index is 624. The average Bonchev–Trinajstić information content (AvgIpc) is 2.48. The molecule has 6 nitrogen and oxygen atoms in total. The molecule has 21 heavy (non-hydrogen) atoms. The highest BCUT2D eigenvalue weighted by molar-refractivity contribution is 5.36. The standard InChI is InChI=1S/C13H15F2N5O/c1-3-21-13-19-11(16-2)18-12(20-13)17-7-8-6-9(14)4-5-10(8)15/h4-6H,3,7H2,1-2H3,(H2,16,17,18,19,20). The van der Waals surface area contributed by atoms with E-state index in [1.165, 1.54) is 0 Å². The first-order valence-electron chi connectivity index (χ1n) is 6.36. The van der Waals surface area contributed by atoms with Crippen LogP contribution in [0.25, 0.3) is 0 Å². The second-order valence-corrected chi connectivity index (χ2v) is 4.04. The van der Waals surface area contributed by atoms with Crippen LogP contribution in [0, 0.1) is 11.6 Å². The maximum atomic E-state index is 13.5. The SMILES string of the molecule is CCOc1nc(NC)nc(NCc2cc(F)ccc2F)n1. The molecule has 0 radical (unpaired) electrons. The minimum Gasteiger partial charge on any atom is -0.464 e. The lowest BCUT2D eigenvalue weighted by atomic mass is 10.2. The molecule has 8 heteroatoms. The number of halogens is 2. The van der Waals surface area contributed by atoms with Crippen molar-refractivity contribution >= 4 is 11.9 Å². The van der Waals surface area contributed by atoms with Crippen molar-refractivity contribution in [1.82, 2.24) is 15.0 Å². The predicted octanol–water partition coefficient (Wildman–Crippen LogP) is 2.20. The van der Waals surface area contributed by atoms with Crippen LogP contribution in [-0.4, -0.2) is 28.6 Å². The lowest BCUT2D eigenvalue weighted by Crippen LogP contribution is -2.10. The Kier molecular flexibility index (Phi) is 4.81. The van der Waals surface area contributed by atoms with Gasteiger partial charge in [-0.15, -0.1) is 0 Å². The molecule has 0 aliphatic rings. The molecule has 0 amide bonds. The van der Waals surface area contributed by atoms with Crippen LogP contribution in [0.2, 0.25) is 0 Å². The molecule has 0 aliphatic carbocycles. The van der Waals surface area contributed by atoms with Crippen LogP contribution in [0.4, 0.5) is 20.7 Å². The zero-order valence-electron chi connectivity index (χ0n) is 11.7. The molecule has 1 aromatic heterocycles. The highest BCUT2D eigenvalue weighted by Gasteiger charge is 2.08. The van der Waals surface area contributed by atoms with Crippen molar-refractivity contribution in [3.05, 3.63) is 35.4 Å². The third-order valence-electron chi connectivity index (χ3n) is 2.56. The molecule has 0 fully saturated rings. The van der Waals surface area contributed by atoms with Gasteiger partial charge in [0.1, 0.15) is 11.6 Å². The number of hydrogen-bond acceptors (Lipinski definition) is 6. The second-order valence-electron chi connectivity index (χ2n) is 4.04. The Balaban J connectivity index is 2.15. The normalized spacial score (nSPS) is 10.3. The topological polar surface area (TPSA) is 72.0 Å². The van der Waals surface area contributed by atoms with Gasteiger partial charge >= 0.3 is 6.01 Å². The van der Waals surface area contributed by atoms with Crippen molar-refractivity contribution in [1.29, 1.82) is 0 Å². The van der Waals surface area contributed by atoms with E-state index >= 15 is 0 Å². The summed E-state index contributed by atoms with van der Waals surface area (Å²) in [5.74, 6) is -0.483. The number of aromatic nitrogens is 3. The van der Waals surface area contributed by atoms with Crippen LogP contribution in [-0.2, 0) is 6.54 Å². The van der Waals surface area contributed by atoms with Gasteiger partial charge in [-0.2, -0.15) is 15.0 Å². The first-order valence-corrected chi connectivity index (χ1v) is 6.36. The van der Waals surface area contributed by atoms with E-state index in [9.17, 15) is 8.78 Å². The molecule has 0 aliphatic heterocycles. The van der Waals surface area contributed by atoms with Gasteiger partial charge in [0.25, 0.3) is 0 Å². The fourth-order valence-corrected chi connectivity index (χ4v) is 1.59. The summed E-state index contributed by atoms with van der Waals surface area (Å²) >= 11 is 0. The Morgan fingerprint density at radius 1 is 1.14 bits per heavy atom. The maximum absolute atomic E-state index is 13.5. The zero-order chi connectivity index (χ0) is 15.2. The average molecular weight is 295 g/mol. The highest BCUT2D eigenvalue weighted by atomic mass is 19.1. The van der Waals surface area contributed by atoms with Gasteiger partial charge in [0.05, 0.1) is 6.61 Å². The predicted molar refractivity (Wildman–Crippen MR) is 74.2 cm³/mol. The van der Waals surface area contributed by atoms with Crippen molar-refractivity contribution in [3.8, 4) is 6.01 Å². The molecule has 1 aromatic carbocycles. The number of ether oxygens (including phenoxy) is 1. The first-order chi connectivity index (χ1) is 10.1. The van der Waals surface area contributed by atoms with Crippen LogP contribution < -0.4 is 15.4 Å². The van der Waals surface area contributed by atoms with Gasteiger partial charge in [0, 0.05) is 19.2 Å². The van der Waals surface area contributed by atoms with E-state index < -0.39 is 11.6 Å². The molecule has 2 aromatic rings. The van der Waals surface area contributed by atoms with E-state index in [1.807, 2.05) is 0 Å². The number of hydrogen-bond donors (Lipinski definition) is 2. The molecule has 2 rings (SSSR count). The van der Waals surface area contributed by atoms with E-state index in [4.69, 9.17) is 4.74 Å². The summed E-state index contributed by atoms with van der Waals surface area (Å²) in [7, 11) is 1.65. The zero-order valence-corrected chi connectivity index (χ0v) is 11.7. The van der Waals surface area contributed by atoms with Crippen LogP contribution in [0.3, 0.4) is 0 Å². The number of rotatable bonds is 6. The fourth-order valence-electron chi connectivity index (χ4n) is 1.59. The van der Waals surface area contributed by atoms with Gasteiger partial charge in [-0.3, -0.25) is 0 Å². The first kappa shape index (κ1) is 14.9. The number of anilines is 2. The molecule has 0 saturated carbocycles. The third kappa shape index (κ3) is 3.98. The monoisotopic (exact) mass is 295 g/mol. The van der Waals surface area contributed by atoms with Gasteiger partial charge in [-0.1, -0.05) is 0 Å². The van der Waals surface area contributed by atoms with Gasteiger partial charge < -0.3 is 15.4 Å². The number of benzene rings is 1. The van der Waals surface area contributed by atoms with Crippen molar-refractivity contribution < 1.29 is 13.5 Å². The van der Waals surface area contributed by atoms with Gasteiger partial charge in [0.2, 0.25) is 11.9 Å². The minimum absolute atomic E-state index is 0.0440. The van der Waals surface area contributed by atoms with Crippen LogP contribution in [0.15, 0.2) is 18.2 Å². The van der Waals surface area contributed by atoms with E-state index in [1.54, 1.807) is 14.0 Å². The maximum Gasteiger partial charge on any atom is 0.323 e. The van der Waals surface area contributed by atoms with Crippen LogP contribution in [0.1, 0.15) is 12.5 Å².